The number of anilines is 1. The van der Waals surface area contributed by atoms with Gasteiger partial charge in [-0.3, -0.25) is 18.1 Å². The number of hydrogen-bond acceptors (Lipinski definition) is 15. The van der Waals surface area contributed by atoms with Gasteiger partial charge in [-0.25, -0.2) is 24.5 Å². The molecular formula is C22H25N7O11P2S. The molecule has 10 atom stereocenters. The van der Waals surface area contributed by atoms with Gasteiger partial charge in [-0.15, -0.1) is 0 Å². The summed E-state index contributed by atoms with van der Waals surface area (Å²) in [5.74, 6) is 0.0887. The topological polar surface area (TPSA) is 241 Å². The van der Waals surface area contributed by atoms with Crippen LogP contribution in [0, 0.1) is 0 Å². The molecule has 18 nitrogen and oxygen atoms in total. The predicted molar refractivity (Wildman–Crippen MR) is 147 cm³/mol. The van der Waals surface area contributed by atoms with Gasteiger partial charge < -0.3 is 44.3 Å². The smallest absolute Gasteiger partial charge is 0.387 e. The molecule has 3 fully saturated rings. The van der Waals surface area contributed by atoms with E-state index >= 15 is 0 Å². The van der Waals surface area contributed by atoms with Gasteiger partial charge in [0, 0.05) is 0 Å². The van der Waals surface area contributed by atoms with Crippen molar-refractivity contribution in [2.45, 2.75) is 49.1 Å². The Morgan fingerprint density at radius 2 is 1.63 bits per heavy atom. The predicted octanol–water partition coefficient (Wildman–Crippen LogP) is 0.109. The van der Waals surface area contributed by atoms with Gasteiger partial charge in [-0.05, 0) is 23.9 Å². The fraction of sp³-hybridized carbons (Fsp3) is 0.455. The molecule has 0 aliphatic carbocycles. The van der Waals surface area contributed by atoms with E-state index in [0.29, 0.717) is 11.0 Å². The number of para-hydroxylation sites is 2. The maximum Gasteiger partial charge on any atom is 0.472 e. The first kappa shape index (κ1) is 29.2. The zero-order chi connectivity index (χ0) is 30.1. The van der Waals surface area contributed by atoms with E-state index in [4.69, 9.17) is 45.1 Å². The summed E-state index contributed by atoms with van der Waals surface area (Å²) in [7, 11) is -4.93. The summed E-state index contributed by atoms with van der Waals surface area (Å²) in [4.78, 5) is 38.2. The van der Waals surface area contributed by atoms with Crippen molar-refractivity contribution in [3.05, 3.63) is 43.2 Å². The number of rotatable bonds is 2. The fourth-order valence-corrected chi connectivity index (χ4v) is 7.73. The summed E-state index contributed by atoms with van der Waals surface area (Å²) in [6.45, 7) is -5.33. The summed E-state index contributed by atoms with van der Waals surface area (Å²) >= 11 is 5.26. The first-order valence-electron chi connectivity index (χ1n) is 12.8. The van der Waals surface area contributed by atoms with Crippen LogP contribution in [-0.4, -0.2) is 98.9 Å². The van der Waals surface area contributed by atoms with E-state index in [-0.39, 0.29) is 17.0 Å². The van der Waals surface area contributed by atoms with Crippen molar-refractivity contribution in [2.24, 2.45) is 0 Å². The molecule has 4 aromatic rings. The minimum atomic E-state index is -4.93. The lowest BCUT2D eigenvalue weighted by molar-refractivity contribution is -0.0634. The second-order valence-electron chi connectivity index (χ2n) is 10.0. The molecule has 0 radical (unpaired) electrons. The molecule has 43 heavy (non-hydrogen) atoms. The molecule has 6 unspecified atom stereocenters. The molecule has 3 saturated heterocycles. The Balaban J connectivity index is 1.20. The maximum absolute atomic E-state index is 13.1. The molecule has 0 saturated carbocycles. The number of nitrogens with zero attached hydrogens (tertiary/aromatic N) is 6. The Morgan fingerprint density at radius 1 is 0.884 bits per heavy atom. The molecule has 6 N–H and O–H groups in total. The van der Waals surface area contributed by atoms with Crippen molar-refractivity contribution in [3.63, 3.8) is 0 Å². The van der Waals surface area contributed by atoms with Crippen LogP contribution in [0.5, 0.6) is 0 Å². The third kappa shape index (κ3) is 5.29. The van der Waals surface area contributed by atoms with Crippen molar-refractivity contribution in [2.75, 3.05) is 18.9 Å². The van der Waals surface area contributed by atoms with Crippen LogP contribution < -0.4 is 5.73 Å². The average molecular weight is 657 g/mol. The van der Waals surface area contributed by atoms with Crippen LogP contribution in [0.4, 0.5) is 5.82 Å². The van der Waals surface area contributed by atoms with Crippen molar-refractivity contribution >= 4 is 54.4 Å². The molecule has 6 heterocycles. The van der Waals surface area contributed by atoms with Crippen LogP contribution >= 0.6 is 14.5 Å². The zero-order valence-electron chi connectivity index (χ0n) is 21.8. The molecule has 7 rings (SSSR count). The van der Waals surface area contributed by atoms with Gasteiger partial charge in [0.15, 0.2) is 23.9 Å². The summed E-state index contributed by atoms with van der Waals surface area (Å²) in [5, 5.41) is 22.3. The van der Waals surface area contributed by atoms with Crippen LogP contribution in [0.25, 0.3) is 22.2 Å². The molecule has 230 valence electrons. The molecule has 3 aromatic heterocycles. The summed E-state index contributed by atoms with van der Waals surface area (Å²) in [6, 6.07) is 7.11. The highest BCUT2D eigenvalue weighted by atomic mass is 32.5. The number of imidazole rings is 2. The Kier molecular flexibility index (Phi) is 7.38. The van der Waals surface area contributed by atoms with E-state index in [9.17, 15) is 24.6 Å². The summed E-state index contributed by atoms with van der Waals surface area (Å²) in [6.07, 6.45) is -6.78. The Morgan fingerprint density at radius 3 is 2.47 bits per heavy atom. The molecule has 1 aromatic carbocycles. The minimum Gasteiger partial charge on any atom is -0.387 e. The van der Waals surface area contributed by atoms with E-state index in [1.54, 1.807) is 28.8 Å². The van der Waals surface area contributed by atoms with E-state index in [2.05, 4.69) is 19.9 Å². The van der Waals surface area contributed by atoms with Gasteiger partial charge in [0.2, 0.25) is 0 Å². The van der Waals surface area contributed by atoms with Gasteiger partial charge in [-0.1, -0.05) is 12.1 Å². The third-order valence-corrected chi connectivity index (χ3v) is 9.90. The van der Waals surface area contributed by atoms with Crippen LogP contribution in [0.2, 0.25) is 0 Å². The van der Waals surface area contributed by atoms with E-state index in [1.165, 1.54) is 23.5 Å². The number of aromatic nitrogens is 6. The quantitative estimate of drug-likeness (QED) is 0.180. The van der Waals surface area contributed by atoms with Gasteiger partial charge in [-0.2, -0.15) is 0 Å². The maximum atomic E-state index is 13.1. The zero-order valence-corrected chi connectivity index (χ0v) is 24.4. The lowest BCUT2D eigenvalue weighted by Gasteiger charge is -2.27. The molecule has 0 amide bonds. The van der Waals surface area contributed by atoms with Crippen LogP contribution in [-0.2, 0) is 43.9 Å². The molecule has 21 heteroatoms. The summed E-state index contributed by atoms with van der Waals surface area (Å²) in [5.41, 5.74) is 7.57. The van der Waals surface area contributed by atoms with Crippen molar-refractivity contribution in [3.8, 4) is 0 Å². The van der Waals surface area contributed by atoms with E-state index in [1.807, 2.05) is 0 Å². The Hall–Kier alpha value is -2.48. The SMILES string of the molecule is Nc1ncnc2c1ncn2[C@@H]1O[C@@H]2COP(O)(=S)OC3C(O)[C@@H](COP(=O)(O)OC2C1O)O[C@H]3n1cnc2ccccc21. The second-order valence-corrected chi connectivity index (χ2v) is 14.2. The largest absolute Gasteiger partial charge is 0.472 e. The van der Waals surface area contributed by atoms with Gasteiger partial charge >= 0.3 is 14.5 Å². The number of fused-ring (bicyclic) bond motifs is 5. The second kappa shape index (κ2) is 10.8. The third-order valence-electron chi connectivity index (χ3n) is 7.35. The van der Waals surface area contributed by atoms with Crippen molar-refractivity contribution < 1.29 is 52.1 Å². The monoisotopic (exact) mass is 657 g/mol. The number of hydrogen-bond donors (Lipinski definition) is 5. The summed E-state index contributed by atoms with van der Waals surface area (Å²) < 4.78 is 49.8. The molecule has 2 bridgehead atoms. The van der Waals surface area contributed by atoms with Crippen molar-refractivity contribution in [1.29, 1.82) is 0 Å². The van der Waals surface area contributed by atoms with Gasteiger partial charge in [0.1, 0.15) is 48.5 Å². The number of nitrogen functional groups attached to an aromatic ring is 1. The van der Waals surface area contributed by atoms with E-state index in [0.717, 1.165) is 0 Å². The Bertz CT molecular complexity index is 1780. The molecule has 3 aliphatic heterocycles. The van der Waals surface area contributed by atoms with Crippen LogP contribution in [0.3, 0.4) is 0 Å². The first-order valence-corrected chi connectivity index (χ1v) is 16.9. The normalized spacial score (nSPS) is 38.9. The lowest BCUT2D eigenvalue weighted by Crippen LogP contribution is -2.36. The van der Waals surface area contributed by atoms with Crippen LogP contribution in [0.15, 0.2) is 43.2 Å². The van der Waals surface area contributed by atoms with E-state index < -0.39 is 76.8 Å². The number of benzene rings is 1. The number of ether oxygens (including phenoxy) is 2. The lowest BCUT2D eigenvalue weighted by atomic mass is 10.1. The minimum absolute atomic E-state index is 0.0887. The highest BCUT2D eigenvalue weighted by Gasteiger charge is 2.53. The first-order chi connectivity index (χ1) is 20.5. The Labute approximate surface area is 246 Å². The highest BCUT2D eigenvalue weighted by molar-refractivity contribution is 8.07. The van der Waals surface area contributed by atoms with Gasteiger partial charge in [0.25, 0.3) is 0 Å². The number of nitrogens with two attached hydrogens (primary N) is 1. The molecular weight excluding hydrogens is 632 g/mol. The number of aliphatic hydroxyl groups is 2. The standard InChI is InChI=1S/C22H25N7O11P2S/c23-19-14-20(25-7-24-19)29(9-27-14)21-16(31)17-13(38-21)6-36-42(34,43)40-18-15(30)12(5-35-41(32,33)39-17)37-22(18)28-8-26-10-3-1-2-4-11(10)28/h1-4,7-9,12-13,15-18,21-22,30-31H,5-6H2,(H,32,33)(H,34,43)(H2,23,24,25)/t12-,13-,15?,16?,17?,18?,21-,22-,42?/m1/s1. The fourth-order valence-electron chi connectivity index (χ4n) is 5.35. The number of phosphoric acid groups is 1. The number of aliphatic hydroxyl groups excluding tert-OH is 2. The number of phosphoric ester groups is 1. The van der Waals surface area contributed by atoms with Crippen molar-refractivity contribution in [1.82, 2.24) is 29.1 Å². The van der Waals surface area contributed by atoms with Gasteiger partial charge in [0.05, 0.1) is 36.9 Å². The average Bonchev–Trinajstić information content (AvgIpc) is 3.72. The molecule has 0 spiro atoms. The van der Waals surface area contributed by atoms with Crippen LogP contribution in [0.1, 0.15) is 12.5 Å². The molecule has 3 aliphatic rings. The highest BCUT2D eigenvalue weighted by Crippen LogP contribution is 2.54.